The molecule has 7 nitrogen and oxygen atoms in total. The molecule has 0 aromatic heterocycles. The third kappa shape index (κ3) is 5.68. The van der Waals surface area contributed by atoms with Crippen LogP contribution in [0.3, 0.4) is 0 Å². The summed E-state index contributed by atoms with van der Waals surface area (Å²) in [5.41, 5.74) is 6.54. The fourth-order valence-electron chi connectivity index (χ4n) is 3.38. The number of hydrogen-bond donors (Lipinski definition) is 2. The first-order valence-corrected chi connectivity index (χ1v) is 10.5. The minimum absolute atomic E-state index is 0.00490. The third-order valence-electron chi connectivity index (χ3n) is 5.19. The highest BCUT2D eigenvalue weighted by Gasteiger charge is 2.26. The van der Waals surface area contributed by atoms with Gasteiger partial charge >= 0.3 is 0 Å². The molecule has 2 aliphatic heterocycles. The van der Waals surface area contributed by atoms with E-state index in [1.165, 1.54) is 6.20 Å². The number of nitrogens with two attached hydrogens (primary N) is 1. The van der Waals surface area contributed by atoms with Crippen LogP contribution in [0.15, 0.2) is 41.7 Å². The Morgan fingerprint density at radius 3 is 2.77 bits per heavy atom. The van der Waals surface area contributed by atoms with Crippen molar-refractivity contribution in [1.82, 2.24) is 10.2 Å². The number of nitrogens with one attached hydrogen (secondary N) is 1. The largest absolute Gasteiger partial charge is 0.492 e. The fraction of sp³-hybridized carbons (Fsp3) is 0.429. The van der Waals surface area contributed by atoms with E-state index in [1.807, 2.05) is 6.92 Å². The second-order valence-corrected chi connectivity index (χ2v) is 8.19. The van der Waals surface area contributed by atoms with E-state index in [-0.39, 0.29) is 24.5 Å². The Labute approximate surface area is 185 Å². The van der Waals surface area contributed by atoms with E-state index in [9.17, 15) is 9.59 Å². The summed E-state index contributed by atoms with van der Waals surface area (Å²) in [4.78, 5) is 26.2. The molecule has 2 amide bonds. The molecule has 1 unspecified atom stereocenters. The summed E-state index contributed by atoms with van der Waals surface area (Å²) in [6.07, 6.45) is 4.15. The van der Waals surface area contributed by atoms with Crippen LogP contribution >= 0.6 is 23.2 Å². The molecule has 3 N–H and O–H groups in total. The number of carbonyl (C=O) groups is 2. The molecule has 0 bridgehead atoms. The van der Waals surface area contributed by atoms with E-state index in [2.05, 4.69) is 5.32 Å². The monoisotopic (exact) mass is 453 g/mol. The van der Waals surface area contributed by atoms with Crippen LogP contribution in [0.1, 0.15) is 19.8 Å². The number of rotatable bonds is 5. The minimum atomic E-state index is -0.312. The summed E-state index contributed by atoms with van der Waals surface area (Å²) in [5.74, 6) is 0.503. The summed E-state index contributed by atoms with van der Waals surface area (Å²) in [5, 5.41) is 3.77. The Kier molecular flexibility index (Phi) is 7.64. The van der Waals surface area contributed by atoms with Gasteiger partial charge in [-0.1, -0.05) is 23.2 Å². The maximum Gasteiger partial charge on any atom is 0.255 e. The molecular weight excluding hydrogens is 429 g/mol. The van der Waals surface area contributed by atoms with E-state index in [0.717, 1.165) is 12.8 Å². The molecule has 1 aromatic carbocycles. The number of hydrogen-bond acceptors (Lipinski definition) is 5. The topological polar surface area (TPSA) is 93.9 Å². The highest BCUT2D eigenvalue weighted by atomic mass is 35.5. The molecule has 2 fully saturated rings. The van der Waals surface area contributed by atoms with Gasteiger partial charge in [-0.15, -0.1) is 0 Å². The maximum atomic E-state index is 12.9. The average molecular weight is 454 g/mol. The number of nitrogens with zero attached hydrogens (tertiary/aromatic N) is 1. The van der Waals surface area contributed by atoms with Crippen molar-refractivity contribution in [3.05, 3.63) is 51.8 Å². The van der Waals surface area contributed by atoms with Crippen molar-refractivity contribution in [2.75, 3.05) is 26.3 Å². The highest BCUT2D eigenvalue weighted by molar-refractivity contribution is 6.35. The Balaban J connectivity index is 1.53. The van der Waals surface area contributed by atoms with Crippen LogP contribution in [0.5, 0.6) is 5.75 Å². The van der Waals surface area contributed by atoms with Crippen molar-refractivity contribution in [1.29, 1.82) is 0 Å². The zero-order chi connectivity index (χ0) is 21.7. The number of amides is 2. The van der Waals surface area contributed by atoms with E-state index >= 15 is 0 Å². The predicted octanol–water partition coefficient (Wildman–Crippen LogP) is 2.87. The second kappa shape index (κ2) is 10.2. The van der Waals surface area contributed by atoms with E-state index in [4.69, 9.17) is 38.4 Å². The molecule has 162 valence electrons. The summed E-state index contributed by atoms with van der Waals surface area (Å²) < 4.78 is 11.2. The Morgan fingerprint density at radius 2 is 2.10 bits per heavy atom. The molecule has 1 aromatic rings. The first kappa shape index (κ1) is 22.5. The molecule has 3 rings (SSSR count). The third-order valence-corrected chi connectivity index (χ3v) is 5.72. The number of ether oxygens (including phenoxy) is 2. The van der Waals surface area contributed by atoms with Crippen molar-refractivity contribution in [2.45, 2.75) is 25.9 Å². The Morgan fingerprint density at radius 1 is 1.37 bits per heavy atom. The molecule has 0 saturated carbocycles. The number of likely N-dealkylation sites (tertiary alicyclic amines) is 1. The summed E-state index contributed by atoms with van der Waals surface area (Å²) in [7, 11) is 0. The molecule has 0 aliphatic carbocycles. The Bertz CT molecular complexity index is 864. The summed E-state index contributed by atoms with van der Waals surface area (Å²) in [6, 6.07) is 5.14. The normalized spacial score (nSPS) is 22.2. The number of benzene rings is 1. The van der Waals surface area contributed by atoms with E-state index < -0.39 is 0 Å². The number of halogens is 2. The minimum Gasteiger partial charge on any atom is -0.492 e. The van der Waals surface area contributed by atoms with Gasteiger partial charge < -0.3 is 25.4 Å². The van der Waals surface area contributed by atoms with Gasteiger partial charge in [0.25, 0.3) is 5.91 Å². The highest BCUT2D eigenvalue weighted by Crippen LogP contribution is 2.29. The molecule has 2 aliphatic rings. The quantitative estimate of drug-likeness (QED) is 0.668. The molecular formula is C21H25Cl2N3O4. The van der Waals surface area contributed by atoms with Crippen LogP contribution in [0.25, 0.3) is 0 Å². The lowest BCUT2D eigenvalue weighted by atomic mass is 9.97. The standard InChI is InChI=1S/C21H25Cl2N3O4/c1-13-18(25-20(27)12-29-13)8-15(10-24)21(28)26-6-4-14(5-7-26)11-30-19-3-2-16(22)9-17(19)23/h2-3,8-10,13-14H,4-7,11-12,24H2,1H3,(H,25,27)/b15-10+,18-8+. The van der Waals surface area contributed by atoms with Crippen LogP contribution in [-0.2, 0) is 14.3 Å². The van der Waals surface area contributed by atoms with Crippen molar-refractivity contribution in [3.63, 3.8) is 0 Å². The first-order valence-electron chi connectivity index (χ1n) is 9.79. The molecule has 9 heteroatoms. The van der Waals surface area contributed by atoms with Gasteiger partial charge in [0, 0.05) is 30.0 Å². The van der Waals surface area contributed by atoms with Crippen LogP contribution in [0.2, 0.25) is 10.0 Å². The lowest BCUT2D eigenvalue weighted by Crippen LogP contribution is -2.42. The van der Waals surface area contributed by atoms with Gasteiger partial charge in [-0.2, -0.15) is 0 Å². The molecule has 30 heavy (non-hydrogen) atoms. The smallest absolute Gasteiger partial charge is 0.255 e. The number of morpholine rings is 1. The maximum absolute atomic E-state index is 12.9. The SMILES string of the molecule is CC1OCC(=O)N/C1=C/C(=C\N)C(=O)N1CCC(COc2ccc(Cl)cc2Cl)CC1. The van der Waals surface area contributed by atoms with Crippen LogP contribution in [-0.4, -0.2) is 49.1 Å². The molecule has 2 heterocycles. The molecule has 2 saturated heterocycles. The van der Waals surface area contributed by atoms with Gasteiger partial charge in [-0.3, -0.25) is 9.59 Å². The van der Waals surface area contributed by atoms with Gasteiger partial charge in [0.2, 0.25) is 5.91 Å². The average Bonchev–Trinajstić information content (AvgIpc) is 2.73. The zero-order valence-corrected chi connectivity index (χ0v) is 18.2. The van der Waals surface area contributed by atoms with Crippen LogP contribution in [0.4, 0.5) is 0 Å². The van der Waals surface area contributed by atoms with Gasteiger partial charge in [0.05, 0.1) is 23.3 Å². The van der Waals surface area contributed by atoms with E-state index in [1.54, 1.807) is 29.2 Å². The van der Waals surface area contributed by atoms with Crippen molar-refractivity contribution in [2.24, 2.45) is 11.7 Å². The van der Waals surface area contributed by atoms with Gasteiger partial charge in [-0.05, 0) is 50.0 Å². The second-order valence-electron chi connectivity index (χ2n) is 7.34. The van der Waals surface area contributed by atoms with Gasteiger partial charge in [0.1, 0.15) is 12.4 Å². The van der Waals surface area contributed by atoms with Crippen LogP contribution < -0.4 is 15.8 Å². The van der Waals surface area contributed by atoms with Crippen molar-refractivity contribution >= 4 is 35.0 Å². The Hall–Kier alpha value is -2.22. The lowest BCUT2D eigenvalue weighted by Gasteiger charge is -2.32. The number of carbonyl (C=O) groups excluding carboxylic acids is 2. The van der Waals surface area contributed by atoms with Gasteiger partial charge in [-0.25, -0.2) is 0 Å². The predicted molar refractivity (Wildman–Crippen MR) is 115 cm³/mol. The molecule has 0 spiro atoms. The van der Waals surface area contributed by atoms with Crippen LogP contribution in [0, 0.1) is 5.92 Å². The fourth-order valence-corrected chi connectivity index (χ4v) is 3.84. The van der Waals surface area contributed by atoms with E-state index in [0.29, 0.717) is 52.7 Å². The lowest BCUT2D eigenvalue weighted by molar-refractivity contribution is -0.130. The first-order chi connectivity index (χ1) is 14.4. The van der Waals surface area contributed by atoms with Gasteiger partial charge in [0.15, 0.2) is 0 Å². The summed E-state index contributed by atoms with van der Waals surface area (Å²) >= 11 is 12.0. The zero-order valence-electron chi connectivity index (χ0n) is 16.7. The summed E-state index contributed by atoms with van der Waals surface area (Å²) in [6.45, 7) is 3.53. The number of piperidine rings is 1. The van der Waals surface area contributed by atoms with Crippen molar-refractivity contribution < 1.29 is 19.1 Å². The molecule has 1 atom stereocenters. The van der Waals surface area contributed by atoms with Crippen molar-refractivity contribution in [3.8, 4) is 5.75 Å². The molecule has 0 radical (unpaired) electrons.